The molecule has 5 nitrogen and oxygen atoms in total. The minimum Gasteiger partial charge on any atom is -0.493 e. The molecule has 1 aliphatic rings. The van der Waals surface area contributed by atoms with Crippen LogP contribution in [-0.2, 0) is 4.79 Å². The van der Waals surface area contributed by atoms with E-state index in [1.165, 1.54) is 48.0 Å². The highest BCUT2D eigenvalue weighted by Gasteiger charge is 2.34. The van der Waals surface area contributed by atoms with Crippen molar-refractivity contribution in [2.24, 2.45) is 0 Å². The third-order valence-corrected chi connectivity index (χ3v) is 6.23. The van der Waals surface area contributed by atoms with Crippen LogP contribution in [-0.4, -0.2) is 23.3 Å². The molecule has 8 heteroatoms. The zero-order valence-electron chi connectivity index (χ0n) is 17.7. The number of thioether (sulfide) groups is 1. The number of carbonyl (C=O) groups excluding carboxylic acids is 2. The van der Waals surface area contributed by atoms with E-state index in [2.05, 4.69) is 0 Å². The number of carbonyl (C=O) groups is 2. The summed E-state index contributed by atoms with van der Waals surface area (Å²) >= 11 is 6.65. The smallest absolute Gasteiger partial charge is 0.346 e. The molecule has 0 atom stereocenters. The van der Waals surface area contributed by atoms with Gasteiger partial charge < -0.3 is 9.47 Å². The molecule has 0 unspecified atom stereocenters. The van der Waals surface area contributed by atoms with Crippen molar-refractivity contribution >= 4 is 51.9 Å². The number of anilines is 1. The Morgan fingerprint density at radius 3 is 2.52 bits per heavy atom. The predicted molar refractivity (Wildman–Crippen MR) is 131 cm³/mol. The first-order chi connectivity index (χ1) is 15.9. The van der Waals surface area contributed by atoms with E-state index in [1.807, 2.05) is 31.2 Å². The number of para-hydroxylation sites is 1. The number of nitrogens with zero attached hydrogens (tertiary/aromatic N) is 1. The average Bonchev–Trinajstić information content (AvgIpc) is 3.08. The number of rotatable bonds is 5. The number of ether oxygens (including phenoxy) is 2. The third kappa shape index (κ3) is 4.67. The summed E-state index contributed by atoms with van der Waals surface area (Å²) in [5.41, 5.74) is 2.17. The maximum Gasteiger partial charge on any atom is 0.346 e. The van der Waals surface area contributed by atoms with Gasteiger partial charge >= 0.3 is 5.97 Å². The van der Waals surface area contributed by atoms with Crippen molar-refractivity contribution < 1.29 is 23.5 Å². The second-order valence-corrected chi connectivity index (χ2v) is 8.76. The number of hydrogen-bond acceptors (Lipinski definition) is 6. The van der Waals surface area contributed by atoms with Gasteiger partial charge in [-0.1, -0.05) is 60.4 Å². The van der Waals surface area contributed by atoms with Crippen molar-refractivity contribution in [1.82, 2.24) is 0 Å². The molecule has 1 fully saturated rings. The lowest BCUT2D eigenvalue weighted by molar-refractivity contribution is -0.113. The first-order valence-electron chi connectivity index (χ1n) is 9.87. The number of aryl methyl sites for hydroxylation is 1. The van der Waals surface area contributed by atoms with Gasteiger partial charge in [-0.2, -0.15) is 0 Å². The molecule has 1 heterocycles. The molecule has 0 bridgehead atoms. The molecule has 0 aromatic heterocycles. The van der Waals surface area contributed by atoms with E-state index in [9.17, 15) is 14.0 Å². The van der Waals surface area contributed by atoms with Crippen LogP contribution in [0.4, 0.5) is 10.1 Å². The lowest BCUT2D eigenvalue weighted by Crippen LogP contribution is -2.28. The van der Waals surface area contributed by atoms with Crippen molar-refractivity contribution in [2.45, 2.75) is 6.92 Å². The van der Waals surface area contributed by atoms with E-state index >= 15 is 0 Å². The SMILES string of the molecule is COc1cc(/C=C2\SC(=S)N(c3ccccc3C)C2=O)ccc1OC(=O)c1ccccc1F. The molecule has 4 rings (SSSR count). The quantitative estimate of drug-likeness (QED) is 0.201. The molecule has 0 spiro atoms. The second-order valence-electron chi connectivity index (χ2n) is 7.08. The first-order valence-corrected chi connectivity index (χ1v) is 11.1. The Morgan fingerprint density at radius 2 is 1.79 bits per heavy atom. The Balaban J connectivity index is 1.59. The molecule has 1 amide bonds. The van der Waals surface area contributed by atoms with Crippen LogP contribution in [0.3, 0.4) is 0 Å². The van der Waals surface area contributed by atoms with Gasteiger partial charge in [-0.25, -0.2) is 9.18 Å². The molecule has 0 saturated carbocycles. The lowest BCUT2D eigenvalue weighted by atomic mass is 10.1. The number of amides is 1. The van der Waals surface area contributed by atoms with Crippen LogP contribution < -0.4 is 14.4 Å². The predicted octanol–water partition coefficient (Wildman–Crippen LogP) is 5.77. The Labute approximate surface area is 199 Å². The fourth-order valence-electron chi connectivity index (χ4n) is 3.28. The molecule has 0 aliphatic carbocycles. The summed E-state index contributed by atoms with van der Waals surface area (Å²) < 4.78 is 25.0. The van der Waals surface area contributed by atoms with Gasteiger partial charge in [0.05, 0.1) is 23.3 Å². The van der Waals surface area contributed by atoms with Crippen LogP contribution in [0.5, 0.6) is 11.5 Å². The molecule has 166 valence electrons. The summed E-state index contributed by atoms with van der Waals surface area (Å²) in [4.78, 5) is 27.4. The highest BCUT2D eigenvalue weighted by atomic mass is 32.2. The van der Waals surface area contributed by atoms with Gasteiger partial charge in [0.2, 0.25) is 0 Å². The fraction of sp³-hybridized carbons (Fsp3) is 0.0800. The number of methoxy groups -OCH3 is 1. The van der Waals surface area contributed by atoms with Crippen LogP contribution in [0.15, 0.2) is 71.6 Å². The van der Waals surface area contributed by atoms with Gasteiger partial charge in [0.15, 0.2) is 15.8 Å². The normalized spacial score (nSPS) is 14.6. The standard InChI is InChI=1S/C25H18FNO4S2/c1-15-7-3-6-10-19(15)27-23(28)22(33-25(27)32)14-16-11-12-20(21(13-16)30-2)31-24(29)17-8-4-5-9-18(17)26/h3-14H,1-2H3/b22-14-. The van der Waals surface area contributed by atoms with Crippen molar-refractivity contribution in [3.8, 4) is 11.5 Å². The Bertz CT molecular complexity index is 1310. The van der Waals surface area contributed by atoms with Crippen LogP contribution in [0.1, 0.15) is 21.5 Å². The highest BCUT2D eigenvalue weighted by molar-refractivity contribution is 8.27. The molecule has 1 aliphatic heterocycles. The van der Waals surface area contributed by atoms with Crippen molar-refractivity contribution in [2.75, 3.05) is 12.0 Å². The zero-order chi connectivity index (χ0) is 23.5. The highest BCUT2D eigenvalue weighted by Crippen LogP contribution is 2.38. The van der Waals surface area contributed by atoms with E-state index in [1.54, 1.807) is 24.3 Å². The number of halogens is 1. The van der Waals surface area contributed by atoms with Crippen LogP contribution in [0, 0.1) is 12.7 Å². The largest absolute Gasteiger partial charge is 0.493 e. The van der Waals surface area contributed by atoms with E-state index in [0.717, 1.165) is 11.3 Å². The lowest BCUT2D eigenvalue weighted by Gasteiger charge is -2.16. The topological polar surface area (TPSA) is 55.8 Å². The summed E-state index contributed by atoms with van der Waals surface area (Å²) in [5.74, 6) is -1.32. The Hall–Kier alpha value is -3.49. The number of esters is 1. The molecule has 33 heavy (non-hydrogen) atoms. The van der Waals surface area contributed by atoms with E-state index in [-0.39, 0.29) is 23.0 Å². The second kappa shape index (κ2) is 9.56. The fourth-order valence-corrected chi connectivity index (χ4v) is 4.57. The van der Waals surface area contributed by atoms with E-state index in [4.69, 9.17) is 21.7 Å². The number of hydrogen-bond donors (Lipinski definition) is 0. The van der Waals surface area contributed by atoms with E-state index < -0.39 is 11.8 Å². The number of thiocarbonyl (C=S) groups is 1. The van der Waals surface area contributed by atoms with Crippen LogP contribution >= 0.6 is 24.0 Å². The number of benzene rings is 3. The van der Waals surface area contributed by atoms with Crippen molar-refractivity contribution in [3.63, 3.8) is 0 Å². The average molecular weight is 480 g/mol. The summed E-state index contributed by atoms with van der Waals surface area (Å²) in [6, 6.07) is 17.9. The summed E-state index contributed by atoms with van der Waals surface area (Å²) in [5, 5.41) is 0. The maximum absolute atomic E-state index is 13.9. The van der Waals surface area contributed by atoms with Crippen molar-refractivity contribution in [3.05, 3.63) is 94.1 Å². The molecule has 3 aromatic rings. The first kappa shape index (κ1) is 22.7. The minimum absolute atomic E-state index is 0.135. The summed E-state index contributed by atoms with van der Waals surface area (Å²) in [6.45, 7) is 1.92. The van der Waals surface area contributed by atoms with Gasteiger partial charge in [0.25, 0.3) is 5.91 Å². The van der Waals surface area contributed by atoms with Gasteiger partial charge in [0, 0.05) is 0 Å². The van der Waals surface area contributed by atoms with Crippen molar-refractivity contribution in [1.29, 1.82) is 0 Å². The van der Waals surface area contributed by atoms with E-state index in [0.29, 0.717) is 14.8 Å². The van der Waals surface area contributed by atoms with Crippen LogP contribution in [0.2, 0.25) is 0 Å². The molecular formula is C25H18FNO4S2. The molecule has 0 N–H and O–H groups in total. The third-order valence-electron chi connectivity index (χ3n) is 4.93. The zero-order valence-corrected chi connectivity index (χ0v) is 19.3. The van der Waals surface area contributed by atoms with Gasteiger partial charge in [0.1, 0.15) is 5.82 Å². The maximum atomic E-state index is 13.9. The molecular weight excluding hydrogens is 461 g/mol. The Kier molecular flexibility index (Phi) is 6.57. The molecule has 1 saturated heterocycles. The van der Waals surface area contributed by atoms with Gasteiger partial charge in [-0.05, 0) is 54.5 Å². The Morgan fingerprint density at radius 1 is 1.06 bits per heavy atom. The summed E-state index contributed by atoms with van der Waals surface area (Å²) in [7, 11) is 1.43. The monoisotopic (exact) mass is 479 g/mol. The van der Waals surface area contributed by atoms with Crippen LogP contribution in [0.25, 0.3) is 6.08 Å². The summed E-state index contributed by atoms with van der Waals surface area (Å²) in [6.07, 6.45) is 1.70. The van der Waals surface area contributed by atoms with Gasteiger partial charge in [-0.15, -0.1) is 0 Å². The minimum atomic E-state index is -0.835. The molecule has 0 radical (unpaired) electrons. The molecule has 3 aromatic carbocycles. The van der Waals surface area contributed by atoms with Gasteiger partial charge in [-0.3, -0.25) is 9.69 Å².